The number of imide groups is 1. The van der Waals surface area contributed by atoms with E-state index in [1.54, 1.807) is 24.3 Å². The summed E-state index contributed by atoms with van der Waals surface area (Å²) in [5.74, 6) is -0.265. The van der Waals surface area contributed by atoms with Crippen LogP contribution in [0.4, 0.5) is 4.79 Å². The molecule has 1 aliphatic heterocycles. The van der Waals surface area contributed by atoms with Crippen LogP contribution in [0.3, 0.4) is 0 Å². The van der Waals surface area contributed by atoms with E-state index in [9.17, 15) is 9.59 Å². The maximum absolute atomic E-state index is 12.4. The molecule has 3 nitrogen and oxygen atoms in total. The summed E-state index contributed by atoms with van der Waals surface area (Å²) < 4.78 is 0. The van der Waals surface area contributed by atoms with Gasteiger partial charge in [-0.25, -0.2) is 0 Å². The number of carbonyl (C=O) groups excluding carboxylic acids is 2. The number of benzene rings is 2. The van der Waals surface area contributed by atoms with E-state index in [4.69, 9.17) is 11.6 Å². The summed E-state index contributed by atoms with van der Waals surface area (Å²) in [6.07, 6.45) is 1.74. The number of nitrogens with zero attached hydrogens (tertiary/aromatic N) is 1. The quantitative estimate of drug-likeness (QED) is 0.774. The van der Waals surface area contributed by atoms with Gasteiger partial charge >= 0.3 is 0 Å². The number of halogens is 1. The molecule has 0 saturated carbocycles. The van der Waals surface area contributed by atoms with Crippen molar-refractivity contribution in [2.75, 3.05) is 0 Å². The predicted molar refractivity (Wildman–Crippen MR) is 89.4 cm³/mol. The molecule has 0 N–H and O–H groups in total. The van der Waals surface area contributed by atoms with Gasteiger partial charge < -0.3 is 0 Å². The smallest absolute Gasteiger partial charge is 0.268 e. The molecule has 0 spiro atoms. The van der Waals surface area contributed by atoms with Crippen LogP contribution in [-0.4, -0.2) is 16.0 Å². The SMILES string of the molecule is O=C1S/C(=C\c2ccccc2)C(=O)N1Cc1cccc(Cl)c1. The van der Waals surface area contributed by atoms with Gasteiger partial charge in [-0.2, -0.15) is 0 Å². The molecule has 110 valence electrons. The average Bonchev–Trinajstić information content (AvgIpc) is 2.76. The van der Waals surface area contributed by atoms with Crippen LogP contribution < -0.4 is 0 Å². The molecule has 0 bridgehead atoms. The Morgan fingerprint density at radius 2 is 1.82 bits per heavy atom. The van der Waals surface area contributed by atoms with Crippen molar-refractivity contribution in [1.82, 2.24) is 4.90 Å². The molecule has 3 rings (SSSR count). The van der Waals surface area contributed by atoms with Crippen molar-refractivity contribution in [2.24, 2.45) is 0 Å². The zero-order valence-corrected chi connectivity index (χ0v) is 13.1. The summed E-state index contributed by atoms with van der Waals surface area (Å²) in [6, 6.07) is 16.6. The summed E-state index contributed by atoms with van der Waals surface area (Å²) in [6.45, 7) is 0.233. The molecule has 0 radical (unpaired) electrons. The van der Waals surface area contributed by atoms with Crippen molar-refractivity contribution < 1.29 is 9.59 Å². The molecule has 0 unspecified atom stereocenters. The van der Waals surface area contributed by atoms with Gasteiger partial charge in [-0.1, -0.05) is 54.1 Å². The van der Waals surface area contributed by atoms with Gasteiger partial charge in [-0.05, 0) is 41.1 Å². The fraction of sp³-hybridized carbons (Fsp3) is 0.0588. The molecule has 1 saturated heterocycles. The zero-order valence-electron chi connectivity index (χ0n) is 11.5. The van der Waals surface area contributed by atoms with Crippen LogP contribution in [0.25, 0.3) is 6.08 Å². The Bertz CT molecular complexity index is 758. The lowest BCUT2D eigenvalue weighted by Gasteiger charge is -2.12. The van der Waals surface area contributed by atoms with Crippen LogP contribution in [0.15, 0.2) is 59.5 Å². The van der Waals surface area contributed by atoms with Gasteiger partial charge in [0.05, 0.1) is 11.4 Å². The van der Waals surface area contributed by atoms with Gasteiger partial charge in [0, 0.05) is 5.02 Å². The predicted octanol–water partition coefficient (Wildman–Crippen LogP) is 4.58. The third-order valence-electron chi connectivity index (χ3n) is 3.20. The summed E-state index contributed by atoms with van der Waals surface area (Å²) in [4.78, 5) is 26.1. The van der Waals surface area contributed by atoms with E-state index in [0.29, 0.717) is 9.93 Å². The van der Waals surface area contributed by atoms with Crippen LogP contribution in [0.5, 0.6) is 0 Å². The van der Waals surface area contributed by atoms with Crippen molar-refractivity contribution in [2.45, 2.75) is 6.54 Å². The topological polar surface area (TPSA) is 37.4 Å². The van der Waals surface area contributed by atoms with Crippen molar-refractivity contribution in [3.63, 3.8) is 0 Å². The first-order chi connectivity index (χ1) is 10.6. The normalized spacial score (nSPS) is 16.6. The Kier molecular flexibility index (Phi) is 4.32. The Morgan fingerprint density at radius 1 is 1.05 bits per heavy atom. The second kappa shape index (κ2) is 6.38. The van der Waals surface area contributed by atoms with E-state index in [1.807, 2.05) is 36.4 Å². The third-order valence-corrected chi connectivity index (χ3v) is 4.34. The number of carbonyl (C=O) groups is 2. The van der Waals surface area contributed by atoms with Crippen LogP contribution in [-0.2, 0) is 11.3 Å². The van der Waals surface area contributed by atoms with Gasteiger partial charge in [-0.15, -0.1) is 0 Å². The van der Waals surface area contributed by atoms with Crippen molar-refractivity contribution in [3.05, 3.63) is 75.7 Å². The van der Waals surface area contributed by atoms with Crippen molar-refractivity contribution >= 4 is 40.6 Å². The molecular weight excluding hydrogens is 318 g/mol. The third kappa shape index (κ3) is 3.24. The largest absolute Gasteiger partial charge is 0.293 e. The van der Waals surface area contributed by atoms with E-state index in [0.717, 1.165) is 22.9 Å². The molecule has 5 heteroatoms. The van der Waals surface area contributed by atoms with Gasteiger partial charge in [0.25, 0.3) is 11.1 Å². The lowest BCUT2D eigenvalue weighted by molar-refractivity contribution is -0.123. The maximum atomic E-state index is 12.4. The molecule has 2 amide bonds. The number of rotatable bonds is 3. The van der Waals surface area contributed by atoms with E-state index >= 15 is 0 Å². The molecule has 1 aliphatic rings. The second-order valence-electron chi connectivity index (χ2n) is 4.81. The molecule has 1 heterocycles. The van der Waals surface area contributed by atoms with Gasteiger partial charge in [0.1, 0.15) is 0 Å². The van der Waals surface area contributed by atoms with Crippen molar-refractivity contribution in [3.8, 4) is 0 Å². The van der Waals surface area contributed by atoms with E-state index < -0.39 is 0 Å². The minimum absolute atomic E-state index is 0.233. The highest BCUT2D eigenvalue weighted by molar-refractivity contribution is 8.18. The fourth-order valence-corrected chi connectivity index (χ4v) is 3.21. The highest BCUT2D eigenvalue weighted by Crippen LogP contribution is 2.33. The summed E-state index contributed by atoms with van der Waals surface area (Å²) in [7, 11) is 0. The van der Waals surface area contributed by atoms with Crippen LogP contribution in [0.1, 0.15) is 11.1 Å². The minimum Gasteiger partial charge on any atom is -0.268 e. The number of hydrogen-bond acceptors (Lipinski definition) is 3. The van der Waals surface area contributed by atoms with E-state index in [-0.39, 0.29) is 17.7 Å². The fourth-order valence-electron chi connectivity index (χ4n) is 2.15. The first-order valence-corrected chi connectivity index (χ1v) is 7.88. The van der Waals surface area contributed by atoms with Gasteiger partial charge in [0.2, 0.25) is 0 Å². The molecule has 0 atom stereocenters. The Labute approximate surface area is 137 Å². The lowest BCUT2D eigenvalue weighted by Crippen LogP contribution is -2.27. The van der Waals surface area contributed by atoms with E-state index in [2.05, 4.69) is 0 Å². The highest BCUT2D eigenvalue weighted by Gasteiger charge is 2.34. The van der Waals surface area contributed by atoms with Gasteiger partial charge in [0.15, 0.2) is 0 Å². The van der Waals surface area contributed by atoms with Gasteiger partial charge in [-0.3, -0.25) is 14.5 Å². The molecule has 2 aromatic carbocycles. The number of amides is 2. The molecule has 0 aliphatic carbocycles. The van der Waals surface area contributed by atoms with E-state index in [1.165, 1.54) is 4.90 Å². The Hall–Kier alpha value is -2.04. The first kappa shape index (κ1) is 14.9. The first-order valence-electron chi connectivity index (χ1n) is 6.68. The van der Waals surface area contributed by atoms with Crippen LogP contribution >= 0.6 is 23.4 Å². The summed E-state index contributed by atoms with van der Waals surface area (Å²) in [5.41, 5.74) is 1.73. The molecular formula is C17H12ClNO2S. The zero-order chi connectivity index (χ0) is 15.5. The maximum Gasteiger partial charge on any atom is 0.293 e. The average molecular weight is 330 g/mol. The molecule has 22 heavy (non-hydrogen) atoms. The molecule has 1 fully saturated rings. The number of thioether (sulfide) groups is 1. The van der Waals surface area contributed by atoms with Crippen molar-refractivity contribution in [1.29, 1.82) is 0 Å². The minimum atomic E-state index is -0.265. The Balaban J connectivity index is 1.81. The standard InChI is InChI=1S/C17H12ClNO2S/c18-14-8-4-7-13(9-14)11-19-16(20)15(22-17(19)21)10-12-5-2-1-3-6-12/h1-10H,11H2/b15-10-. The second-order valence-corrected chi connectivity index (χ2v) is 6.24. The summed E-state index contributed by atoms with van der Waals surface area (Å²) >= 11 is 6.90. The molecule has 0 aromatic heterocycles. The Morgan fingerprint density at radius 3 is 2.55 bits per heavy atom. The van der Waals surface area contributed by atoms with Crippen LogP contribution in [0.2, 0.25) is 5.02 Å². The lowest BCUT2D eigenvalue weighted by atomic mass is 10.2. The van der Waals surface area contributed by atoms with Crippen LogP contribution in [0, 0.1) is 0 Å². The summed E-state index contributed by atoms with van der Waals surface area (Å²) in [5, 5.41) is 0.330. The highest BCUT2D eigenvalue weighted by atomic mass is 35.5. The monoisotopic (exact) mass is 329 g/mol. The molecule has 2 aromatic rings. The number of hydrogen-bond donors (Lipinski definition) is 0.